The fourth-order valence-corrected chi connectivity index (χ4v) is 8.22. The van der Waals surface area contributed by atoms with Gasteiger partial charge < -0.3 is 14.9 Å². The molecule has 4 aliphatic carbocycles. The number of aliphatic hydroxyl groups is 1. The van der Waals surface area contributed by atoms with Gasteiger partial charge in [0.05, 0.1) is 6.61 Å². The summed E-state index contributed by atoms with van der Waals surface area (Å²) < 4.78 is 6.05. The van der Waals surface area contributed by atoms with Crippen molar-refractivity contribution < 1.29 is 19.7 Å². The third kappa shape index (κ3) is 3.45. The summed E-state index contributed by atoms with van der Waals surface area (Å²) in [5, 5.41) is 20.8. The SMILES string of the molecule is CC(=O)C1CCC2C3CC=C4CC(O)(OCc5ccc(O)cc5)CCC4(C)C3CCC12C. The standard InChI is InChI=1S/C28H38O4/c1-18(29)23-10-11-24-22-9-6-20-16-28(31,32-17-19-4-7-21(30)8-5-19)15-14-26(20,2)25(22)12-13-27(23,24)3/h4-8,22-25,30-31H,9-17H2,1-3H3. The van der Waals surface area contributed by atoms with Crippen molar-refractivity contribution in [3.63, 3.8) is 0 Å². The smallest absolute Gasteiger partial charge is 0.169 e. The van der Waals surface area contributed by atoms with Gasteiger partial charge in [0.25, 0.3) is 0 Å². The van der Waals surface area contributed by atoms with E-state index in [9.17, 15) is 15.0 Å². The average Bonchev–Trinajstić information content (AvgIpc) is 3.12. The third-order valence-corrected chi connectivity index (χ3v) is 10.1. The molecule has 2 N–H and O–H groups in total. The predicted molar refractivity (Wildman–Crippen MR) is 124 cm³/mol. The number of benzene rings is 1. The van der Waals surface area contributed by atoms with E-state index in [1.165, 1.54) is 18.4 Å². The van der Waals surface area contributed by atoms with Crippen LogP contribution in [0.2, 0.25) is 0 Å². The van der Waals surface area contributed by atoms with Crippen LogP contribution in [-0.2, 0) is 16.1 Å². The fraction of sp³-hybridized carbons (Fsp3) is 0.679. The molecule has 7 unspecified atom stereocenters. The minimum absolute atomic E-state index is 0.132. The first-order valence-electron chi connectivity index (χ1n) is 12.5. The van der Waals surface area contributed by atoms with E-state index < -0.39 is 5.79 Å². The Hall–Kier alpha value is -1.65. The Morgan fingerprint density at radius 1 is 1.06 bits per heavy atom. The Bertz CT molecular complexity index is 920. The Balaban J connectivity index is 1.32. The Morgan fingerprint density at radius 2 is 1.81 bits per heavy atom. The summed E-state index contributed by atoms with van der Waals surface area (Å²) >= 11 is 0. The molecule has 0 bridgehead atoms. The van der Waals surface area contributed by atoms with Gasteiger partial charge in [-0.3, -0.25) is 4.79 Å². The van der Waals surface area contributed by atoms with Gasteiger partial charge in [0.15, 0.2) is 5.79 Å². The summed E-state index contributed by atoms with van der Waals surface area (Å²) in [6.07, 6.45) is 10.3. The number of allylic oxidation sites excluding steroid dienone is 1. The largest absolute Gasteiger partial charge is 0.508 e. The van der Waals surface area contributed by atoms with Crippen molar-refractivity contribution >= 4 is 5.78 Å². The normalized spacial score (nSPS) is 43.1. The van der Waals surface area contributed by atoms with Gasteiger partial charge in [0.2, 0.25) is 0 Å². The van der Waals surface area contributed by atoms with E-state index in [4.69, 9.17) is 4.74 Å². The van der Waals surface area contributed by atoms with Crippen molar-refractivity contribution in [1.29, 1.82) is 0 Å². The maximum Gasteiger partial charge on any atom is 0.169 e. The van der Waals surface area contributed by atoms with Gasteiger partial charge in [0.1, 0.15) is 11.5 Å². The van der Waals surface area contributed by atoms with Gasteiger partial charge in [0, 0.05) is 18.8 Å². The Morgan fingerprint density at radius 3 is 2.53 bits per heavy atom. The third-order valence-electron chi connectivity index (χ3n) is 10.1. The number of aromatic hydroxyl groups is 1. The number of phenols is 1. The lowest BCUT2D eigenvalue weighted by molar-refractivity contribution is -0.231. The number of carbonyl (C=O) groups excluding carboxylic acids is 1. The molecule has 7 atom stereocenters. The van der Waals surface area contributed by atoms with Crippen LogP contribution in [0.5, 0.6) is 5.75 Å². The van der Waals surface area contributed by atoms with E-state index >= 15 is 0 Å². The van der Waals surface area contributed by atoms with Crippen molar-refractivity contribution in [2.24, 2.45) is 34.5 Å². The maximum absolute atomic E-state index is 12.3. The molecule has 1 aromatic carbocycles. The van der Waals surface area contributed by atoms with Gasteiger partial charge in [-0.2, -0.15) is 0 Å². The topological polar surface area (TPSA) is 66.8 Å². The number of ether oxygens (including phenoxy) is 1. The van der Waals surface area contributed by atoms with E-state index in [1.54, 1.807) is 19.1 Å². The highest BCUT2D eigenvalue weighted by atomic mass is 16.6. The molecular weight excluding hydrogens is 400 g/mol. The number of rotatable bonds is 4. The minimum Gasteiger partial charge on any atom is -0.508 e. The molecule has 5 rings (SSSR count). The number of ketones is 1. The second kappa shape index (κ2) is 7.70. The molecule has 32 heavy (non-hydrogen) atoms. The van der Waals surface area contributed by atoms with Gasteiger partial charge in [-0.05, 0) is 91.7 Å². The van der Waals surface area contributed by atoms with E-state index in [-0.39, 0.29) is 22.5 Å². The van der Waals surface area contributed by atoms with Crippen LogP contribution < -0.4 is 0 Å². The molecule has 0 spiro atoms. The predicted octanol–water partition coefficient (Wildman–Crippen LogP) is 5.77. The Kier molecular flexibility index (Phi) is 5.33. The molecule has 4 aliphatic rings. The number of Topliss-reactive ketones (excluding diaryl/α,β-unsaturated/α-hetero) is 1. The number of carbonyl (C=O) groups is 1. The highest BCUT2D eigenvalue weighted by Gasteiger charge is 2.60. The molecule has 0 aromatic heterocycles. The van der Waals surface area contributed by atoms with E-state index in [0.29, 0.717) is 43.0 Å². The van der Waals surface area contributed by atoms with Crippen LogP contribution >= 0.6 is 0 Å². The monoisotopic (exact) mass is 438 g/mol. The summed E-state index contributed by atoms with van der Waals surface area (Å²) in [4.78, 5) is 12.3. The number of hydrogen-bond donors (Lipinski definition) is 2. The quantitative estimate of drug-likeness (QED) is 0.463. The zero-order chi connectivity index (χ0) is 22.7. The van der Waals surface area contributed by atoms with Crippen LogP contribution in [0.15, 0.2) is 35.9 Å². The van der Waals surface area contributed by atoms with Crippen LogP contribution in [0.3, 0.4) is 0 Å². The highest BCUT2D eigenvalue weighted by Crippen LogP contribution is 2.66. The van der Waals surface area contributed by atoms with Crippen molar-refractivity contribution in [2.45, 2.75) is 84.5 Å². The lowest BCUT2D eigenvalue weighted by atomic mass is 9.47. The number of phenolic OH excluding ortho intramolecular Hbond substituents is 1. The second-order valence-corrected chi connectivity index (χ2v) is 11.6. The number of fused-ring (bicyclic) bond motifs is 5. The van der Waals surface area contributed by atoms with Gasteiger partial charge >= 0.3 is 0 Å². The zero-order valence-corrected chi connectivity index (χ0v) is 19.8. The van der Waals surface area contributed by atoms with E-state index in [0.717, 1.165) is 31.2 Å². The zero-order valence-electron chi connectivity index (χ0n) is 19.8. The highest BCUT2D eigenvalue weighted by molar-refractivity contribution is 5.79. The fourth-order valence-electron chi connectivity index (χ4n) is 8.22. The van der Waals surface area contributed by atoms with Gasteiger partial charge in [-0.1, -0.05) is 37.6 Å². The van der Waals surface area contributed by atoms with Crippen LogP contribution in [0.25, 0.3) is 0 Å². The summed E-state index contributed by atoms with van der Waals surface area (Å²) in [5.41, 5.74) is 2.64. The van der Waals surface area contributed by atoms with Crippen molar-refractivity contribution in [2.75, 3.05) is 0 Å². The molecule has 0 aliphatic heterocycles. The van der Waals surface area contributed by atoms with Crippen molar-refractivity contribution in [3.8, 4) is 5.75 Å². The first-order valence-corrected chi connectivity index (χ1v) is 12.5. The molecular formula is C28H38O4. The van der Waals surface area contributed by atoms with Crippen molar-refractivity contribution in [3.05, 3.63) is 41.5 Å². The lowest BCUT2D eigenvalue weighted by Gasteiger charge is -2.58. The first-order chi connectivity index (χ1) is 15.1. The number of hydrogen-bond acceptors (Lipinski definition) is 4. The second-order valence-electron chi connectivity index (χ2n) is 11.6. The molecule has 4 nitrogen and oxygen atoms in total. The molecule has 4 heteroatoms. The molecule has 3 fully saturated rings. The van der Waals surface area contributed by atoms with Crippen LogP contribution in [0, 0.1) is 34.5 Å². The molecule has 0 saturated heterocycles. The van der Waals surface area contributed by atoms with Crippen LogP contribution in [-0.4, -0.2) is 21.8 Å². The first kappa shape index (κ1) is 22.2. The van der Waals surface area contributed by atoms with Crippen molar-refractivity contribution in [1.82, 2.24) is 0 Å². The molecule has 0 heterocycles. The molecule has 0 amide bonds. The summed E-state index contributed by atoms with van der Waals surface area (Å²) in [6, 6.07) is 6.98. The average molecular weight is 439 g/mol. The van der Waals surface area contributed by atoms with Gasteiger partial charge in [-0.25, -0.2) is 0 Å². The summed E-state index contributed by atoms with van der Waals surface area (Å²) in [7, 11) is 0. The molecule has 0 radical (unpaired) electrons. The molecule has 174 valence electrons. The summed E-state index contributed by atoms with van der Waals surface area (Å²) in [6.45, 7) is 6.96. The maximum atomic E-state index is 12.3. The molecule has 3 saturated carbocycles. The van der Waals surface area contributed by atoms with Gasteiger partial charge in [-0.15, -0.1) is 0 Å². The van der Waals surface area contributed by atoms with E-state index in [2.05, 4.69) is 19.9 Å². The van der Waals surface area contributed by atoms with E-state index in [1.807, 2.05) is 12.1 Å². The van der Waals surface area contributed by atoms with Crippen LogP contribution in [0.4, 0.5) is 0 Å². The minimum atomic E-state index is -1.12. The lowest BCUT2D eigenvalue weighted by Crippen LogP contribution is -2.52. The Labute approximate surface area is 192 Å². The van der Waals surface area contributed by atoms with Crippen LogP contribution in [0.1, 0.15) is 77.7 Å². The summed E-state index contributed by atoms with van der Waals surface area (Å²) in [5.74, 6) is 1.71. The molecule has 1 aromatic rings.